The van der Waals surface area contributed by atoms with Crippen molar-refractivity contribution in [3.8, 4) is 5.75 Å². The molecule has 0 spiro atoms. The topological polar surface area (TPSA) is 86.1 Å². The third kappa shape index (κ3) is 5.73. The van der Waals surface area contributed by atoms with Crippen LogP contribution in [0.3, 0.4) is 0 Å². The minimum atomic E-state index is -0.295. The van der Waals surface area contributed by atoms with Crippen molar-refractivity contribution in [1.82, 2.24) is 14.8 Å². The van der Waals surface area contributed by atoms with Gasteiger partial charge in [0.2, 0.25) is 5.91 Å². The first-order valence-corrected chi connectivity index (χ1v) is 10.9. The van der Waals surface area contributed by atoms with E-state index in [9.17, 15) is 9.59 Å². The Labute approximate surface area is 186 Å². The van der Waals surface area contributed by atoms with E-state index < -0.39 is 0 Å². The fourth-order valence-electron chi connectivity index (χ4n) is 3.12. The minimum absolute atomic E-state index is 0.0470. The minimum Gasteiger partial charge on any atom is -0.482 e. The molecular formula is C23H26N4O3S. The zero-order valence-electron chi connectivity index (χ0n) is 18.3. The van der Waals surface area contributed by atoms with Crippen LogP contribution in [-0.2, 0) is 11.8 Å². The summed E-state index contributed by atoms with van der Waals surface area (Å²) in [7, 11) is 1.85. The largest absolute Gasteiger partial charge is 0.482 e. The maximum absolute atomic E-state index is 12.3. The lowest BCUT2D eigenvalue weighted by Crippen LogP contribution is -2.15. The number of aryl methyl sites for hydroxylation is 2. The maximum Gasteiger partial charge on any atom is 0.234 e. The first-order valence-electron chi connectivity index (χ1n) is 9.91. The highest BCUT2D eigenvalue weighted by molar-refractivity contribution is 7.99. The van der Waals surface area contributed by atoms with E-state index in [1.165, 1.54) is 24.2 Å². The maximum atomic E-state index is 12.3. The number of carbonyl (C=O) groups is 2. The summed E-state index contributed by atoms with van der Waals surface area (Å²) >= 11 is 1.29. The highest BCUT2D eigenvalue weighted by Crippen LogP contribution is 2.26. The van der Waals surface area contributed by atoms with Crippen LogP contribution in [-0.4, -0.2) is 32.2 Å². The Morgan fingerprint density at radius 3 is 2.65 bits per heavy atom. The molecule has 3 rings (SSSR count). The Bertz CT molecular complexity index is 1110. The van der Waals surface area contributed by atoms with Crippen LogP contribution in [0.2, 0.25) is 0 Å². The van der Waals surface area contributed by atoms with Gasteiger partial charge in [-0.15, -0.1) is 10.2 Å². The zero-order chi connectivity index (χ0) is 22.5. The number of nitrogens with one attached hydrogen (secondary N) is 1. The summed E-state index contributed by atoms with van der Waals surface area (Å²) < 4.78 is 7.91. The molecule has 1 heterocycles. The first kappa shape index (κ1) is 22.6. The van der Waals surface area contributed by atoms with Crippen LogP contribution in [0.1, 0.15) is 47.3 Å². The molecule has 1 amide bonds. The number of amides is 1. The molecule has 1 unspecified atom stereocenters. The van der Waals surface area contributed by atoms with Crippen LogP contribution in [0.5, 0.6) is 5.75 Å². The molecule has 0 aliphatic rings. The van der Waals surface area contributed by atoms with E-state index >= 15 is 0 Å². The van der Waals surface area contributed by atoms with Crippen LogP contribution >= 0.6 is 11.8 Å². The molecule has 7 nitrogen and oxygen atoms in total. The Balaban J connectivity index is 1.60. The summed E-state index contributed by atoms with van der Waals surface area (Å²) in [6.45, 7) is 7.47. The zero-order valence-corrected chi connectivity index (χ0v) is 19.1. The standard InChI is InChI=1S/C23H26N4O3S/c1-14-9-10-20(15(2)11-14)30-17(4)22-25-26-23(27(22)5)31-13-21(29)24-19-8-6-7-18(12-19)16(3)28/h6-12,17H,13H2,1-5H3,(H,24,29). The second kappa shape index (κ2) is 9.78. The first-order chi connectivity index (χ1) is 14.7. The third-order valence-corrected chi connectivity index (χ3v) is 5.77. The summed E-state index contributed by atoms with van der Waals surface area (Å²) in [5.41, 5.74) is 3.39. The van der Waals surface area contributed by atoms with Gasteiger partial charge in [0.15, 0.2) is 22.9 Å². The monoisotopic (exact) mass is 438 g/mol. The summed E-state index contributed by atoms with van der Waals surface area (Å²) in [5.74, 6) is 1.42. The highest BCUT2D eigenvalue weighted by atomic mass is 32.2. The van der Waals surface area contributed by atoms with Crippen molar-refractivity contribution < 1.29 is 14.3 Å². The molecule has 1 atom stereocenters. The van der Waals surface area contributed by atoms with E-state index in [1.807, 2.05) is 44.5 Å². The average molecular weight is 439 g/mol. The number of benzene rings is 2. The predicted molar refractivity (Wildman–Crippen MR) is 122 cm³/mol. The quantitative estimate of drug-likeness (QED) is 0.411. The van der Waals surface area contributed by atoms with Crippen molar-refractivity contribution in [2.75, 3.05) is 11.1 Å². The normalized spacial score (nSPS) is 11.8. The van der Waals surface area contributed by atoms with E-state index in [4.69, 9.17) is 4.74 Å². The number of ketones is 1. The Hall–Kier alpha value is -3.13. The Morgan fingerprint density at radius 2 is 1.94 bits per heavy atom. The molecule has 0 radical (unpaired) electrons. The van der Waals surface area contributed by atoms with Gasteiger partial charge in [-0.2, -0.15) is 0 Å². The van der Waals surface area contributed by atoms with Gasteiger partial charge in [-0.1, -0.05) is 41.6 Å². The number of Topliss-reactive ketones (excluding diaryl/α,β-unsaturated/α-hetero) is 1. The van der Waals surface area contributed by atoms with Crippen LogP contribution in [0.4, 0.5) is 5.69 Å². The Kier molecular flexibility index (Phi) is 7.12. The van der Waals surface area contributed by atoms with Gasteiger partial charge in [0.25, 0.3) is 0 Å². The molecule has 0 aliphatic carbocycles. The van der Waals surface area contributed by atoms with Crippen molar-refractivity contribution >= 4 is 29.1 Å². The summed E-state index contributed by atoms with van der Waals surface area (Å²) in [5, 5.41) is 11.9. The summed E-state index contributed by atoms with van der Waals surface area (Å²) in [6, 6.07) is 12.9. The van der Waals surface area contributed by atoms with Crippen LogP contribution in [0, 0.1) is 13.8 Å². The van der Waals surface area contributed by atoms with Gasteiger partial charge in [0.05, 0.1) is 5.75 Å². The third-order valence-electron chi connectivity index (χ3n) is 4.75. The van der Waals surface area contributed by atoms with Gasteiger partial charge < -0.3 is 14.6 Å². The second-order valence-corrected chi connectivity index (χ2v) is 8.35. The second-order valence-electron chi connectivity index (χ2n) is 7.40. The summed E-state index contributed by atoms with van der Waals surface area (Å²) in [6.07, 6.45) is -0.295. The number of anilines is 1. The van der Waals surface area contributed by atoms with Gasteiger partial charge in [-0.25, -0.2) is 0 Å². The van der Waals surface area contributed by atoms with Gasteiger partial charge in [-0.05, 0) is 51.5 Å². The molecule has 1 aromatic heterocycles. The van der Waals surface area contributed by atoms with Crippen molar-refractivity contribution in [2.24, 2.45) is 7.05 Å². The van der Waals surface area contributed by atoms with E-state index in [0.717, 1.165) is 11.3 Å². The molecule has 0 saturated heterocycles. The van der Waals surface area contributed by atoms with Gasteiger partial charge >= 0.3 is 0 Å². The van der Waals surface area contributed by atoms with Gasteiger partial charge in [0, 0.05) is 18.3 Å². The molecule has 1 N–H and O–H groups in total. The average Bonchev–Trinajstić information content (AvgIpc) is 3.09. The molecular weight excluding hydrogens is 412 g/mol. The van der Waals surface area contributed by atoms with Gasteiger partial charge in [-0.3, -0.25) is 9.59 Å². The smallest absolute Gasteiger partial charge is 0.234 e. The molecule has 0 aliphatic heterocycles. The number of rotatable bonds is 8. The number of thioether (sulfide) groups is 1. The fraction of sp³-hybridized carbons (Fsp3) is 0.304. The van der Waals surface area contributed by atoms with E-state index in [0.29, 0.717) is 22.2 Å². The molecule has 0 saturated carbocycles. The van der Waals surface area contributed by atoms with Crippen molar-refractivity contribution in [2.45, 2.75) is 39.0 Å². The molecule has 3 aromatic rings. The highest BCUT2D eigenvalue weighted by Gasteiger charge is 2.19. The van der Waals surface area contributed by atoms with Crippen molar-refractivity contribution in [3.63, 3.8) is 0 Å². The van der Waals surface area contributed by atoms with Crippen molar-refractivity contribution in [3.05, 3.63) is 65.0 Å². The van der Waals surface area contributed by atoms with Crippen molar-refractivity contribution in [1.29, 1.82) is 0 Å². The molecule has 0 bridgehead atoms. The number of aromatic nitrogens is 3. The van der Waals surface area contributed by atoms with Crippen LogP contribution < -0.4 is 10.1 Å². The van der Waals surface area contributed by atoms with Crippen LogP contribution in [0.15, 0.2) is 47.6 Å². The number of carbonyl (C=O) groups excluding carboxylic acids is 2. The lowest BCUT2D eigenvalue weighted by molar-refractivity contribution is -0.113. The number of hydrogen-bond donors (Lipinski definition) is 1. The lowest BCUT2D eigenvalue weighted by Gasteiger charge is -2.16. The lowest BCUT2D eigenvalue weighted by atomic mass is 10.1. The Morgan fingerprint density at radius 1 is 1.16 bits per heavy atom. The fourth-order valence-corrected chi connectivity index (χ4v) is 3.84. The van der Waals surface area contributed by atoms with E-state index in [1.54, 1.807) is 24.3 Å². The molecule has 162 valence electrons. The molecule has 31 heavy (non-hydrogen) atoms. The van der Waals surface area contributed by atoms with E-state index in [-0.39, 0.29) is 23.5 Å². The summed E-state index contributed by atoms with van der Waals surface area (Å²) in [4.78, 5) is 23.8. The number of ether oxygens (including phenoxy) is 1. The molecule has 8 heteroatoms. The predicted octanol–water partition coefficient (Wildman–Crippen LogP) is 4.51. The molecule has 0 fully saturated rings. The molecule has 2 aromatic carbocycles. The van der Waals surface area contributed by atoms with Crippen LogP contribution in [0.25, 0.3) is 0 Å². The van der Waals surface area contributed by atoms with Gasteiger partial charge in [0.1, 0.15) is 5.75 Å². The number of nitrogens with zero attached hydrogens (tertiary/aromatic N) is 3. The SMILES string of the molecule is CC(=O)c1cccc(NC(=O)CSc2nnc(C(C)Oc3ccc(C)cc3C)n2C)c1. The number of hydrogen-bond acceptors (Lipinski definition) is 6. The van der Waals surface area contributed by atoms with E-state index in [2.05, 4.69) is 21.6 Å².